The first-order valence-corrected chi connectivity index (χ1v) is 6.85. The summed E-state index contributed by atoms with van der Waals surface area (Å²) in [6.45, 7) is 1.97. The minimum absolute atomic E-state index is 0.122. The van der Waals surface area contributed by atoms with E-state index in [1.165, 1.54) is 12.0 Å². The monoisotopic (exact) mass is 293 g/mol. The van der Waals surface area contributed by atoms with Crippen LogP contribution in [0.5, 0.6) is 0 Å². The van der Waals surface area contributed by atoms with Crippen molar-refractivity contribution >= 4 is 11.8 Å². The van der Waals surface area contributed by atoms with Gasteiger partial charge in [-0.25, -0.2) is 0 Å². The van der Waals surface area contributed by atoms with Crippen LogP contribution in [-0.4, -0.2) is 43.0 Å². The summed E-state index contributed by atoms with van der Waals surface area (Å²) in [6, 6.07) is 9.23. The molecule has 116 valence electrons. The van der Waals surface area contributed by atoms with Crippen LogP contribution in [0.4, 0.5) is 0 Å². The van der Waals surface area contributed by atoms with Gasteiger partial charge in [-0.2, -0.15) is 0 Å². The molecule has 6 nitrogen and oxygen atoms in total. The third-order valence-electron chi connectivity index (χ3n) is 3.39. The summed E-state index contributed by atoms with van der Waals surface area (Å²) in [5.74, 6) is -0.754. The minimum Gasteiger partial charge on any atom is -0.380 e. The molecule has 1 aromatic rings. The molecular formula is C15H23N3O3. The van der Waals surface area contributed by atoms with Crippen molar-refractivity contribution in [3.63, 3.8) is 0 Å². The number of rotatable bonds is 8. The van der Waals surface area contributed by atoms with Crippen molar-refractivity contribution in [2.45, 2.75) is 25.5 Å². The molecule has 0 aliphatic rings. The van der Waals surface area contributed by atoms with Gasteiger partial charge in [-0.1, -0.05) is 30.3 Å². The number of methoxy groups -OCH3 is 1. The molecule has 1 rings (SSSR count). The van der Waals surface area contributed by atoms with E-state index >= 15 is 0 Å². The molecule has 1 aromatic carbocycles. The van der Waals surface area contributed by atoms with E-state index in [4.69, 9.17) is 16.2 Å². The number of carbonyl (C=O) groups excluding carboxylic acids is 2. The van der Waals surface area contributed by atoms with Crippen LogP contribution in [0.15, 0.2) is 30.3 Å². The zero-order valence-electron chi connectivity index (χ0n) is 12.5. The van der Waals surface area contributed by atoms with Gasteiger partial charge in [0.25, 0.3) is 0 Å². The largest absolute Gasteiger partial charge is 0.380 e. The molecule has 0 saturated heterocycles. The number of hydrogen-bond acceptors (Lipinski definition) is 4. The Morgan fingerprint density at radius 3 is 2.38 bits per heavy atom. The fourth-order valence-corrected chi connectivity index (χ4v) is 2.10. The van der Waals surface area contributed by atoms with E-state index in [-0.39, 0.29) is 37.6 Å². The zero-order valence-corrected chi connectivity index (χ0v) is 12.5. The topological polar surface area (TPSA) is 98.7 Å². The Labute approximate surface area is 125 Å². The maximum Gasteiger partial charge on any atom is 0.237 e. The highest BCUT2D eigenvalue weighted by Crippen LogP contribution is 2.21. The molecule has 0 aliphatic heterocycles. The molecule has 21 heavy (non-hydrogen) atoms. The molecule has 0 radical (unpaired) electrons. The maximum atomic E-state index is 12.4. The van der Waals surface area contributed by atoms with E-state index < -0.39 is 5.91 Å². The van der Waals surface area contributed by atoms with E-state index in [9.17, 15) is 9.59 Å². The first-order chi connectivity index (χ1) is 9.99. The predicted molar refractivity (Wildman–Crippen MR) is 80.2 cm³/mol. The lowest BCUT2D eigenvalue weighted by atomic mass is 10.1. The highest BCUT2D eigenvalue weighted by molar-refractivity contribution is 5.84. The Hall–Kier alpha value is -1.92. The molecule has 0 aliphatic carbocycles. The Morgan fingerprint density at radius 1 is 1.29 bits per heavy atom. The van der Waals surface area contributed by atoms with Crippen molar-refractivity contribution in [2.75, 3.05) is 20.2 Å². The molecule has 0 aromatic heterocycles. The normalized spacial score (nSPS) is 13.5. The first-order valence-electron chi connectivity index (χ1n) is 6.85. The average Bonchev–Trinajstić information content (AvgIpc) is 2.50. The highest BCUT2D eigenvalue weighted by atomic mass is 16.5. The molecule has 0 saturated carbocycles. The first kappa shape index (κ1) is 17.1. The van der Waals surface area contributed by atoms with Crippen LogP contribution in [0.2, 0.25) is 0 Å². The van der Waals surface area contributed by atoms with Crippen LogP contribution in [0, 0.1) is 0 Å². The Bertz CT molecular complexity index is 460. The summed E-state index contributed by atoms with van der Waals surface area (Å²) in [7, 11) is 1.50. The summed E-state index contributed by atoms with van der Waals surface area (Å²) in [4.78, 5) is 25.1. The van der Waals surface area contributed by atoms with Gasteiger partial charge in [0.2, 0.25) is 11.8 Å². The van der Waals surface area contributed by atoms with Gasteiger partial charge in [-0.15, -0.1) is 0 Å². The van der Waals surface area contributed by atoms with E-state index in [0.717, 1.165) is 5.56 Å². The van der Waals surface area contributed by atoms with Gasteiger partial charge in [0, 0.05) is 13.7 Å². The Balaban J connectivity index is 2.89. The smallest absolute Gasteiger partial charge is 0.237 e. The molecule has 0 spiro atoms. The van der Waals surface area contributed by atoms with E-state index in [1.54, 1.807) is 0 Å². The van der Waals surface area contributed by atoms with Crippen molar-refractivity contribution < 1.29 is 14.3 Å². The number of nitrogens with two attached hydrogens (primary N) is 2. The number of ether oxygens (including phenoxy) is 1. The van der Waals surface area contributed by atoms with Gasteiger partial charge in [-0.3, -0.25) is 9.59 Å². The number of hydrogen-bond donors (Lipinski definition) is 2. The van der Waals surface area contributed by atoms with Gasteiger partial charge in [0.15, 0.2) is 0 Å². The highest BCUT2D eigenvalue weighted by Gasteiger charge is 2.25. The molecule has 4 N–H and O–H groups in total. The number of carbonyl (C=O) groups is 2. The van der Waals surface area contributed by atoms with Crippen LogP contribution in [0.1, 0.15) is 24.9 Å². The van der Waals surface area contributed by atoms with Crippen LogP contribution in [0.25, 0.3) is 0 Å². The molecule has 0 fully saturated rings. The number of benzene rings is 1. The zero-order chi connectivity index (χ0) is 15.8. The second kappa shape index (κ2) is 8.39. The van der Waals surface area contributed by atoms with Gasteiger partial charge in [-0.05, 0) is 12.5 Å². The summed E-state index contributed by atoms with van der Waals surface area (Å²) >= 11 is 0. The van der Waals surface area contributed by atoms with Gasteiger partial charge in [0.1, 0.15) is 0 Å². The summed E-state index contributed by atoms with van der Waals surface area (Å²) in [5.41, 5.74) is 11.7. The number of primary amides is 1. The summed E-state index contributed by atoms with van der Waals surface area (Å²) in [6.07, 6.45) is -0.242. The van der Waals surface area contributed by atoms with Crippen molar-refractivity contribution in [2.24, 2.45) is 11.5 Å². The molecule has 2 atom stereocenters. The van der Waals surface area contributed by atoms with E-state index in [2.05, 4.69) is 0 Å². The molecule has 0 bridgehead atoms. The second-order valence-corrected chi connectivity index (χ2v) is 4.87. The Kier molecular flexibility index (Phi) is 6.84. The lowest BCUT2D eigenvalue weighted by Gasteiger charge is -2.29. The Morgan fingerprint density at radius 2 is 1.90 bits per heavy atom. The molecule has 2 amide bonds. The summed E-state index contributed by atoms with van der Waals surface area (Å²) < 4.78 is 5.12. The van der Waals surface area contributed by atoms with Crippen LogP contribution in [0.3, 0.4) is 0 Å². The van der Waals surface area contributed by atoms with Crippen LogP contribution in [-0.2, 0) is 14.3 Å². The molecule has 1 unspecified atom stereocenters. The van der Waals surface area contributed by atoms with E-state index in [1.807, 2.05) is 37.3 Å². The van der Waals surface area contributed by atoms with Crippen molar-refractivity contribution in [1.82, 2.24) is 4.90 Å². The molecule has 6 heteroatoms. The third-order valence-corrected chi connectivity index (χ3v) is 3.39. The van der Waals surface area contributed by atoms with E-state index in [0.29, 0.717) is 0 Å². The van der Waals surface area contributed by atoms with Gasteiger partial charge >= 0.3 is 0 Å². The quantitative estimate of drug-likeness (QED) is 0.726. The van der Waals surface area contributed by atoms with Crippen molar-refractivity contribution in [3.8, 4) is 0 Å². The fourth-order valence-electron chi connectivity index (χ4n) is 2.10. The van der Waals surface area contributed by atoms with Gasteiger partial charge in [0.05, 0.1) is 25.1 Å². The van der Waals surface area contributed by atoms with Crippen LogP contribution < -0.4 is 11.5 Å². The third kappa shape index (κ3) is 5.17. The minimum atomic E-state index is -0.548. The second-order valence-electron chi connectivity index (χ2n) is 4.87. The lowest BCUT2D eigenvalue weighted by molar-refractivity contribution is -0.139. The predicted octanol–water partition coefficient (Wildman–Crippen LogP) is 0.425. The molecule has 0 heterocycles. The lowest BCUT2D eigenvalue weighted by Crippen LogP contribution is -2.42. The van der Waals surface area contributed by atoms with Gasteiger partial charge < -0.3 is 21.1 Å². The standard InChI is InChI=1S/C15H23N3O3/c1-11(12-6-4-3-5-7-12)18(10-14(17)19)15(20)8-13(9-16)21-2/h3-7,11,13H,8-10,16H2,1-2H3,(H2,17,19)/t11-,13?/m1/s1. The summed E-state index contributed by atoms with van der Waals surface area (Å²) in [5, 5.41) is 0. The number of amides is 2. The fraction of sp³-hybridized carbons (Fsp3) is 0.467. The van der Waals surface area contributed by atoms with Crippen molar-refractivity contribution in [3.05, 3.63) is 35.9 Å². The van der Waals surface area contributed by atoms with Crippen LogP contribution >= 0.6 is 0 Å². The average molecular weight is 293 g/mol. The molecular weight excluding hydrogens is 270 g/mol. The van der Waals surface area contributed by atoms with Crippen molar-refractivity contribution in [1.29, 1.82) is 0 Å². The number of nitrogens with zero attached hydrogens (tertiary/aromatic N) is 1. The maximum absolute atomic E-state index is 12.4. The SMILES string of the molecule is COC(CN)CC(=O)N(CC(N)=O)[C@H](C)c1ccccc1.